The van der Waals surface area contributed by atoms with Gasteiger partial charge in [-0.05, 0) is 37.0 Å². The van der Waals surface area contributed by atoms with Crippen molar-refractivity contribution in [1.29, 1.82) is 0 Å². The van der Waals surface area contributed by atoms with E-state index in [2.05, 4.69) is 11.9 Å². The Balaban J connectivity index is 2.17. The molecule has 1 fully saturated rings. The molecule has 2 rings (SSSR count). The zero-order chi connectivity index (χ0) is 9.97. The summed E-state index contributed by atoms with van der Waals surface area (Å²) in [5, 5.41) is 0. The number of nitrogens with two attached hydrogens (primary N) is 1. The Kier molecular flexibility index (Phi) is 2.79. The van der Waals surface area contributed by atoms with Gasteiger partial charge in [-0.25, -0.2) is 0 Å². The summed E-state index contributed by atoms with van der Waals surface area (Å²) in [5.74, 6) is 0. The van der Waals surface area contributed by atoms with Crippen molar-refractivity contribution < 1.29 is 4.74 Å². The molecule has 76 valence electrons. The lowest BCUT2D eigenvalue weighted by atomic mass is 9.98. The number of hydrogen-bond acceptors (Lipinski definition) is 3. The van der Waals surface area contributed by atoms with Crippen LogP contribution in [0, 0.1) is 6.92 Å². The summed E-state index contributed by atoms with van der Waals surface area (Å²) >= 11 is 0. The fourth-order valence-corrected chi connectivity index (χ4v) is 1.91. The van der Waals surface area contributed by atoms with Crippen LogP contribution in [0.3, 0.4) is 0 Å². The molecule has 0 bridgehead atoms. The number of hydrogen-bond donors (Lipinski definition) is 1. The molecule has 3 heteroatoms. The Morgan fingerprint density at radius 3 is 3.14 bits per heavy atom. The van der Waals surface area contributed by atoms with Crippen LogP contribution in [0.15, 0.2) is 18.5 Å². The van der Waals surface area contributed by atoms with Crippen molar-refractivity contribution in [3.63, 3.8) is 0 Å². The maximum absolute atomic E-state index is 6.14. The van der Waals surface area contributed by atoms with Crippen LogP contribution in [-0.2, 0) is 4.74 Å². The van der Waals surface area contributed by atoms with Crippen molar-refractivity contribution >= 4 is 0 Å². The van der Waals surface area contributed by atoms with Crippen LogP contribution in [0.25, 0.3) is 0 Å². The molecule has 14 heavy (non-hydrogen) atoms. The summed E-state index contributed by atoms with van der Waals surface area (Å²) < 4.78 is 5.57. The van der Waals surface area contributed by atoms with Gasteiger partial charge < -0.3 is 10.5 Å². The molecule has 0 amide bonds. The third-order valence-corrected chi connectivity index (χ3v) is 2.80. The average Bonchev–Trinajstić information content (AvgIpc) is 2.70. The summed E-state index contributed by atoms with van der Waals surface area (Å²) in [6.07, 6.45) is 6.01. The zero-order valence-electron chi connectivity index (χ0n) is 8.44. The van der Waals surface area contributed by atoms with Gasteiger partial charge in [0, 0.05) is 19.0 Å². The van der Waals surface area contributed by atoms with Gasteiger partial charge in [0.15, 0.2) is 0 Å². The molecule has 0 spiro atoms. The van der Waals surface area contributed by atoms with E-state index in [4.69, 9.17) is 10.5 Å². The van der Waals surface area contributed by atoms with Crippen molar-refractivity contribution in [2.75, 3.05) is 6.61 Å². The predicted molar refractivity (Wildman–Crippen MR) is 54.9 cm³/mol. The summed E-state index contributed by atoms with van der Waals surface area (Å²) in [4.78, 5) is 4.10. The number of nitrogens with zero attached hydrogens (tertiary/aromatic N) is 1. The molecule has 0 aromatic carbocycles. The molecule has 0 saturated carbocycles. The highest BCUT2D eigenvalue weighted by Gasteiger charge is 2.25. The van der Waals surface area contributed by atoms with Gasteiger partial charge >= 0.3 is 0 Å². The highest BCUT2D eigenvalue weighted by molar-refractivity contribution is 5.25. The van der Waals surface area contributed by atoms with Crippen LogP contribution < -0.4 is 5.73 Å². The normalized spacial score (nSPS) is 23.7. The van der Waals surface area contributed by atoms with E-state index < -0.39 is 0 Å². The fourth-order valence-electron chi connectivity index (χ4n) is 1.91. The first-order valence-corrected chi connectivity index (χ1v) is 5.07. The summed E-state index contributed by atoms with van der Waals surface area (Å²) in [6, 6.07) is 1.97. The monoisotopic (exact) mass is 192 g/mol. The van der Waals surface area contributed by atoms with E-state index in [0.29, 0.717) is 0 Å². The van der Waals surface area contributed by atoms with E-state index in [1.807, 2.05) is 12.3 Å². The van der Waals surface area contributed by atoms with E-state index in [1.54, 1.807) is 6.20 Å². The lowest BCUT2D eigenvalue weighted by Gasteiger charge is -2.19. The molecule has 1 aliphatic rings. The third kappa shape index (κ3) is 1.79. The Hall–Kier alpha value is -0.930. The first kappa shape index (κ1) is 9.62. The minimum atomic E-state index is -0.0220. The van der Waals surface area contributed by atoms with Gasteiger partial charge in [-0.15, -0.1) is 0 Å². The van der Waals surface area contributed by atoms with Gasteiger partial charge in [0.05, 0.1) is 12.1 Å². The first-order valence-electron chi connectivity index (χ1n) is 5.07. The maximum atomic E-state index is 6.14. The highest BCUT2D eigenvalue weighted by Crippen LogP contribution is 2.25. The molecule has 2 heterocycles. The second-order valence-electron chi connectivity index (χ2n) is 3.81. The van der Waals surface area contributed by atoms with Gasteiger partial charge in [0.2, 0.25) is 0 Å². The molecule has 2 atom stereocenters. The minimum Gasteiger partial charge on any atom is -0.376 e. The number of pyridine rings is 1. The molecule has 1 aromatic rings. The van der Waals surface area contributed by atoms with Crippen LogP contribution >= 0.6 is 0 Å². The molecule has 0 aliphatic carbocycles. The van der Waals surface area contributed by atoms with E-state index in [1.165, 1.54) is 5.56 Å². The second kappa shape index (κ2) is 4.07. The lowest BCUT2D eigenvalue weighted by Crippen LogP contribution is -2.26. The van der Waals surface area contributed by atoms with Gasteiger partial charge in [-0.2, -0.15) is 0 Å². The summed E-state index contributed by atoms with van der Waals surface area (Å²) in [5.41, 5.74) is 8.44. The van der Waals surface area contributed by atoms with Crippen molar-refractivity contribution in [3.05, 3.63) is 29.6 Å². The molecule has 3 nitrogen and oxygen atoms in total. The van der Waals surface area contributed by atoms with Crippen molar-refractivity contribution in [2.45, 2.75) is 31.9 Å². The Labute approximate surface area is 84.3 Å². The molecule has 2 N–H and O–H groups in total. The standard InChI is InChI=1S/C11H16N2O/c1-8-4-5-13-7-9(8)11(12)10-3-2-6-14-10/h4-5,7,10-11H,2-3,6,12H2,1H3. The lowest BCUT2D eigenvalue weighted by molar-refractivity contribution is 0.0898. The molecule has 0 radical (unpaired) electrons. The fraction of sp³-hybridized carbons (Fsp3) is 0.545. The Bertz CT molecular complexity index is 308. The van der Waals surface area contributed by atoms with E-state index in [9.17, 15) is 0 Å². The molecule has 1 saturated heterocycles. The van der Waals surface area contributed by atoms with Crippen LogP contribution in [0.5, 0.6) is 0 Å². The van der Waals surface area contributed by atoms with Gasteiger partial charge in [-0.3, -0.25) is 4.98 Å². The largest absolute Gasteiger partial charge is 0.376 e. The summed E-state index contributed by atoms with van der Waals surface area (Å²) in [7, 11) is 0. The number of rotatable bonds is 2. The van der Waals surface area contributed by atoms with Crippen LogP contribution in [0.1, 0.15) is 30.0 Å². The average molecular weight is 192 g/mol. The molecule has 2 unspecified atom stereocenters. The minimum absolute atomic E-state index is 0.0220. The Morgan fingerprint density at radius 2 is 2.50 bits per heavy atom. The van der Waals surface area contributed by atoms with Crippen molar-refractivity contribution in [2.24, 2.45) is 5.73 Å². The van der Waals surface area contributed by atoms with E-state index >= 15 is 0 Å². The SMILES string of the molecule is Cc1ccncc1C(N)C1CCCO1. The second-order valence-corrected chi connectivity index (χ2v) is 3.81. The van der Waals surface area contributed by atoms with E-state index in [-0.39, 0.29) is 12.1 Å². The maximum Gasteiger partial charge on any atom is 0.0769 e. The molecular formula is C11H16N2O. The Morgan fingerprint density at radius 1 is 1.64 bits per heavy atom. The van der Waals surface area contributed by atoms with Crippen LogP contribution in [-0.4, -0.2) is 17.7 Å². The number of ether oxygens (including phenoxy) is 1. The topological polar surface area (TPSA) is 48.1 Å². The molecule has 1 aromatic heterocycles. The first-order chi connectivity index (χ1) is 6.79. The van der Waals surface area contributed by atoms with Gasteiger partial charge in [0.25, 0.3) is 0 Å². The smallest absolute Gasteiger partial charge is 0.0769 e. The molecule has 1 aliphatic heterocycles. The van der Waals surface area contributed by atoms with Crippen LogP contribution in [0.2, 0.25) is 0 Å². The quantitative estimate of drug-likeness (QED) is 0.773. The number of aromatic nitrogens is 1. The zero-order valence-corrected chi connectivity index (χ0v) is 8.44. The predicted octanol–water partition coefficient (Wildman–Crippen LogP) is 1.57. The third-order valence-electron chi connectivity index (χ3n) is 2.80. The van der Waals surface area contributed by atoms with Crippen molar-refractivity contribution in [1.82, 2.24) is 4.98 Å². The van der Waals surface area contributed by atoms with Crippen molar-refractivity contribution in [3.8, 4) is 0 Å². The van der Waals surface area contributed by atoms with E-state index in [0.717, 1.165) is 25.0 Å². The van der Waals surface area contributed by atoms with Crippen LogP contribution in [0.4, 0.5) is 0 Å². The molecular weight excluding hydrogens is 176 g/mol. The van der Waals surface area contributed by atoms with Gasteiger partial charge in [-0.1, -0.05) is 0 Å². The van der Waals surface area contributed by atoms with Gasteiger partial charge in [0.1, 0.15) is 0 Å². The summed E-state index contributed by atoms with van der Waals surface area (Å²) in [6.45, 7) is 2.91. The highest BCUT2D eigenvalue weighted by atomic mass is 16.5. The number of aryl methyl sites for hydroxylation is 1.